The van der Waals surface area contributed by atoms with Crippen molar-refractivity contribution in [3.05, 3.63) is 58.1 Å². The summed E-state index contributed by atoms with van der Waals surface area (Å²) >= 11 is 11.7. The molecule has 0 bridgehead atoms. The first kappa shape index (κ1) is 19.4. The van der Waals surface area contributed by atoms with Crippen molar-refractivity contribution < 1.29 is 19.4 Å². The third kappa shape index (κ3) is 6.82. The van der Waals surface area contributed by atoms with Crippen LogP contribution in [0.1, 0.15) is 5.56 Å². The second kappa shape index (κ2) is 9.51. The van der Waals surface area contributed by atoms with Gasteiger partial charge in [-0.1, -0.05) is 35.3 Å². The third-order valence-corrected chi connectivity index (χ3v) is 3.97. The Bertz CT molecular complexity index is 724. The lowest BCUT2D eigenvalue weighted by atomic mass is 10.2. The molecular weight excluding hydrogens is 365 g/mol. The molecule has 0 aliphatic carbocycles. The summed E-state index contributed by atoms with van der Waals surface area (Å²) < 4.78 is 10.8. The van der Waals surface area contributed by atoms with Gasteiger partial charge in [0.05, 0.1) is 10.0 Å². The molecule has 1 unspecified atom stereocenters. The lowest BCUT2D eigenvalue weighted by Gasteiger charge is -2.14. The van der Waals surface area contributed by atoms with Gasteiger partial charge >= 0.3 is 0 Å². The summed E-state index contributed by atoms with van der Waals surface area (Å²) in [6, 6.07) is 12.2. The molecule has 7 heteroatoms. The second-order valence-electron chi connectivity index (χ2n) is 5.45. The number of benzene rings is 2. The van der Waals surface area contributed by atoms with Crippen LogP contribution >= 0.6 is 23.2 Å². The van der Waals surface area contributed by atoms with Gasteiger partial charge in [0, 0.05) is 12.6 Å². The Kier molecular flexibility index (Phi) is 7.37. The number of hydrogen-bond acceptors (Lipinski definition) is 4. The molecule has 134 valence electrons. The molecule has 0 fully saturated rings. The van der Waals surface area contributed by atoms with Gasteiger partial charge in [-0.3, -0.25) is 4.79 Å². The SMILES string of the molecule is Cc1cccc(OCC(O)CNC(=O)COc2ccc(Cl)c(Cl)c2)c1. The van der Waals surface area contributed by atoms with Gasteiger partial charge in [-0.25, -0.2) is 0 Å². The lowest BCUT2D eigenvalue weighted by molar-refractivity contribution is -0.123. The quantitative estimate of drug-likeness (QED) is 0.734. The number of halogens is 2. The van der Waals surface area contributed by atoms with Gasteiger partial charge in [0.25, 0.3) is 5.91 Å². The summed E-state index contributed by atoms with van der Waals surface area (Å²) in [5, 5.41) is 13.2. The minimum absolute atomic E-state index is 0.0649. The van der Waals surface area contributed by atoms with Crippen LogP contribution in [0.2, 0.25) is 10.0 Å². The monoisotopic (exact) mass is 383 g/mol. The third-order valence-electron chi connectivity index (χ3n) is 3.23. The molecule has 1 atom stereocenters. The first-order valence-corrected chi connectivity index (χ1v) is 8.41. The molecule has 2 aromatic rings. The minimum Gasteiger partial charge on any atom is -0.491 e. The Morgan fingerprint density at radius 2 is 1.88 bits per heavy atom. The zero-order valence-corrected chi connectivity index (χ0v) is 15.2. The van der Waals surface area contributed by atoms with Gasteiger partial charge in [-0.05, 0) is 36.8 Å². The van der Waals surface area contributed by atoms with E-state index in [2.05, 4.69) is 5.32 Å². The topological polar surface area (TPSA) is 67.8 Å². The van der Waals surface area contributed by atoms with E-state index in [0.717, 1.165) is 5.56 Å². The van der Waals surface area contributed by atoms with Crippen LogP contribution in [0.5, 0.6) is 11.5 Å². The maximum Gasteiger partial charge on any atom is 0.258 e. The maximum atomic E-state index is 11.7. The summed E-state index contributed by atoms with van der Waals surface area (Å²) in [6.45, 7) is 1.91. The molecule has 1 amide bonds. The summed E-state index contributed by atoms with van der Waals surface area (Å²) in [6.07, 6.45) is -0.825. The summed E-state index contributed by atoms with van der Waals surface area (Å²) in [4.78, 5) is 11.7. The molecule has 0 radical (unpaired) electrons. The van der Waals surface area contributed by atoms with Crippen molar-refractivity contribution in [2.75, 3.05) is 19.8 Å². The van der Waals surface area contributed by atoms with Crippen LogP contribution in [-0.4, -0.2) is 36.9 Å². The highest BCUT2D eigenvalue weighted by atomic mass is 35.5. The molecule has 0 aliphatic rings. The first-order chi connectivity index (χ1) is 11.9. The number of nitrogens with one attached hydrogen (secondary N) is 1. The average Bonchev–Trinajstić information content (AvgIpc) is 2.59. The van der Waals surface area contributed by atoms with Crippen molar-refractivity contribution in [1.82, 2.24) is 5.32 Å². The zero-order chi connectivity index (χ0) is 18.2. The molecule has 0 saturated heterocycles. The zero-order valence-electron chi connectivity index (χ0n) is 13.7. The van der Waals surface area contributed by atoms with E-state index in [1.807, 2.05) is 31.2 Å². The summed E-state index contributed by atoms with van der Waals surface area (Å²) in [5.74, 6) is 0.752. The number of rotatable bonds is 8. The number of hydrogen-bond donors (Lipinski definition) is 2. The van der Waals surface area contributed by atoms with Gasteiger partial charge in [0.15, 0.2) is 6.61 Å². The van der Waals surface area contributed by atoms with Gasteiger partial charge in [0.1, 0.15) is 24.2 Å². The molecule has 0 spiro atoms. The van der Waals surface area contributed by atoms with E-state index in [0.29, 0.717) is 21.5 Å². The molecule has 2 N–H and O–H groups in total. The van der Waals surface area contributed by atoms with E-state index in [9.17, 15) is 9.90 Å². The smallest absolute Gasteiger partial charge is 0.258 e. The Labute approximate surface area is 156 Å². The highest BCUT2D eigenvalue weighted by Gasteiger charge is 2.09. The van der Waals surface area contributed by atoms with Gasteiger partial charge in [-0.2, -0.15) is 0 Å². The van der Waals surface area contributed by atoms with Gasteiger partial charge in [0.2, 0.25) is 0 Å². The number of carbonyl (C=O) groups is 1. The number of amides is 1. The van der Waals surface area contributed by atoms with E-state index in [1.54, 1.807) is 12.1 Å². The molecular formula is C18H19Cl2NO4. The van der Waals surface area contributed by atoms with Crippen molar-refractivity contribution >= 4 is 29.1 Å². The number of carbonyl (C=O) groups excluding carboxylic acids is 1. The van der Waals surface area contributed by atoms with Crippen molar-refractivity contribution in [1.29, 1.82) is 0 Å². The molecule has 0 saturated carbocycles. The Morgan fingerprint density at radius 3 is 2.60 bits per heavy atom. The maximum absolute atomic E-state index is 11.7. The molecule has 2 rings (SSSR count). The van der Waals surface area contributed by atoms with Crippen molar-refractivity contribution in [3.63, 3.8) is 0 Å². The van der Waals surface area contributed by atoms with Crippen molar-refractivity contribution in [2.45, 2.75) is 13.0 Å². The molecule has 0 aromatic heterocycles. The molecule has 5 nitrogen and oxygen atoms in total. The second-order valence-corrected chi connectivity index (χ2v) is 6.26. The fraction of sp³-hybridized carbons (Fsp3) is 0.278. The molecule has 2 aromatic carbocycles. The minimum atomic E-state index is -0.825. The van der Waals surface area contributed by atoms with Crippen molar-refractivity contribution in [2.24, 2.45) is 0 Å². The normalized spacial score (nSPS) is 11.7. The van der Waals surface area contributed by atoms with Crippen LogP contribution in [0.4, 0.5) is 0 Å². The van der Waals surface area contributed by atoms with E-state index >= 15 is 0 Å². The van der Waals surface area contributed by atoms with Crippen LogP contribution in [0.25, 0.3) is 0 Å². The predicted octanol–water partition coefficient (Wildman–Crippen LogP) is 3.24. The van der Waals surface area contributed by atoms with E-state index in [4.69, 9.17) is 32.7 Å². The van der Waals surface area contributed by atoms with Crippen LogP contribution in [-0.2, 0) is 4.79 Å². The van der Waals surface area contributed by atoms with Crippen LogP contribution in [0.15, 0.2) is 42.5 Å². The number of ether oxygens (including phenoxy) is 2. The lowest BCUT2D eigenvalue weighted by Crippen LogP contribution is -2.37. The fourth-order valence-electron chi connectivity index (χ4n) is 1.95. The largest absolute Gasteiger partial charge is 0.491 e. The van der Waals surface area contributed by atoms with Gasteiger partial charge < -0.3 is 19.9 Å². The standard InChI is InChI=1S/C18H19Cl2NO4/c1-12-3-2-4-14(7-12)24-10-13(22)9-21-18(23)11-25-15-5-6-16(19)17(20)8-15/h2-8,13,22H,9-11H2,1H3,(H,21,23). The number of aliphatic hydroxyl groups is 1. The molecule has 0 aliphatic heterocycles. The van der Waals surface area contributed by atoms with Gasteiger partial charge in [-0.15, -0.1) is 0 Å². The van der Waals surface area contributed by atoms with E-state index in [1.165, 1.54) is 6.07 Å². The van der Waals surface area contributed by atoms with Crippen LogP contribution in [0.3, 0.4) is 0 Å². The van der Waals surface area contributed by atoms with Crippen LogP contribution < -0.4 is 14.8 Å². The fourth-order valence-corrected chi connectivity index (χ4v) is 2.24. The Morgan fingerprint density at radius 1 is 1.12 bits per heavy atom. The Hall–Kier alpha value is -1.95. The molecule has 0 heterocycles. The number of aryl methyl sites for hydroxylation is 1. The average molecular weight is 384 g/mol. The number of aliphatic hydroxyl groups excluding tert-OH is 1. The van der Waals surface area contributed by atoms with E-state index in [-0.39, 0.29) is 25.7 Å². The highest BCUT2D eigenvalue weighted by molar-refractivity contribution is 6.42. The predicted molar refractivity (Wildman–Crippen MR) is 97.6 cm³/mol. The van der Waals surface area contributed by atoms with E-state index < -0.39 is 6.10 Å². The highest BCUT2D eigenvalue weighted by Crippen LogP contribution is 2.26. The summed E-state index contributed by atoms with van der Waals surface area (Å²) in [7, 11) is 0. The first-order valence-electron chi connectivity index (χ1n) is 7.66. The van der Waals surface area contributed by atoms with Crippen LogP contribution in [0, 0.1) is 6.92 Å². The van der Waals surface area contributed by atoms with Crippen molar-refractivity contribution in [3.8, 4) is 11.5 Å². The Balaban J connectivity index is 1.67. The summed E-state index contributed by atoms with van der Waals surface area (Å²) in [5.41, 5.74) is 1.07. The molecule has 25 heavy (non-hydrogen) atoms.